The molecule has 0 aliphatic rings. The molecule has 80 valence electrons. The first-order chi connectivity index (χ1) is 6.69. The van der Waals surface area contributed by atoms with Crippen molar-refractivity contribution in [3.8, 4) is 0 Å². The summed E-state index contributed by atoms with van der Waals surface area (Å²) in [5, 5.41) is 4.53. The minimum absolute atomic E-state index is 0.655. The number of anilines is 2. The van der Waals surface area contributed by atoms with Gasteiger partial charge in [-0.3, -0.25) is 0 Å². The molecule has 0 aromatic carbocycles. The summed E-state index contributed by atoms with van der Waals surface area (Å²) in [6, 6.07) is 0. The summed E-state index contributed by atoms with van der Waals surface area (Å²) in [5.74, 6) is 1.40. The number of rotatable bonds is 5. The first kappa shape index (κ1) is 11.3. The van der Waals surface area contributed by atoms with E-state index in [0.717, 1.165) is 23.0 Å². The number of hydrogen-bond donors (Lipinski definition) is 2. The van der Waals surface area contributed by atoms with Gasteiger partial charge in [0, 0.05) is 12.1 Å². The lowest BCUT2D eigenvalue weighted by Crippen LogP contribution is -2.12. The second-order valence-electron chi connectivity index (χ2n) is 3.59. The number of hydrogen-bond acceptors (Lipinski definition) is 4. The third kappa shape index (κ3) is 2.61. The molecule has 0 bridgehead atoms. The van der Waals surface area contributed by atoms with E-state index in [4.69, 9.17) is 5.73 Å². The molecule has 0 saturated carbocycles. The van der Waals surface area contributed by atoms with E-state index in [-0.39, 0.29) is 0 Å². The Morgan fingerprint density at radius 2 is 2.07 bits per heavy atom. The molecule has 0 saturated heterocycles. The van der Waals surface area contributed by atoms with Gasteiger partial charge >= 0.3 is 0 Å². The van der Waals surface area contributed by atoms with Gasteiger partial charge in [-0.05, 0) is 24.4 Å². The molecule has 0 amide bonds. The number of nitrogens with two attached hydrogens (primary N) is 1. The Morgan fingerprint density at radius 3 is 2.50 bits per heavy atom. The topological polar surface area (TPSA) is 50.9 Å². The zero-order chi connectivity index (χ0) is 10.6. The molecule has 0 fully saturated rings. The lowest BCUT2D eigenvalue weighted by atomic mass is 10.0. The van der Waals surface area contributed by atoms with Crippen LogP contribution in [-0.2, 0) is 0 Å². The Hall–Kier alpha value is -0.770. The van der Waals surface area contributed by atoms with Gasteiger partial charge in [0.1, 0.15) is 10.8 Å². The summed E-state index contributed by atoms with van der Waals surface area (Å²) in [5.41, 5.74) is 6.76. The van der Waals surface area contributed by atoms with Gasteiger partial charge in [-0.1, -0.05) is 26.7 Å². The Labute approximate surface area is 89.9 Å². The zero-order valence-electron chi connectivity index (χ0n) is 9.13. The van der Waals surface area contributed by atoms with Gasteiger partial charge in [0.15, 0.2) is 0 Å². The van der Waals surface area contributed by atoms with Gasteiger partial charge in [0.25, 0.3) is 0 Å². The molecule has 1 rings (SSSR count). The van der Waals surface area contributed by atoms with E-state index < -0.39 is 0 Å². The molecule has 1 aromatic heterocycles. The van der Waals surface area contributed by atoms with Crippen LogP contribution in [0.5, 0.6) is 0 Å². The van der Waals surface area contributed by atoms with E-state index in [1.54, 1.807) is 0 Å². The first-order valence-electron chi connectivity index (χ1n) is 5.14. The Balaban J connectivity index is 2.49. The maximum Gasteiger partial charge on any atom is 0.142 e. The number of nitrogens with one attached hydrogen (secondary N) is 1. The zero-order valence-corrected chi connectivity index (χ0v) is 9.95. The van der Waals surface area contributed by atoms with Crippen molar-refractivity contribution >= 4 is 22.4 Å². The van der Waals surface area contributed by atoms with Crippen LogP contribution in [0.15, 0.2) is 0 Å². The Kier molecular flexibility index (Phi) is 4.20. The summed E-state index contributed by atoms with van der Waals surface area (Å²) in [4.78, 5) is 0. The smallest absolute Gasteiger partial charge is 0.142 e. The second-order valence-corrected chi connectivity index (χ2v) is 4.36. The summed E-state index contributed by atoms with van der Waals surface area (Å²) in [7, 11) is 0. The van der Waals surface area contributed by atoms with Crippen molar-refractivity contribution in [2.45, 2.75) is 33.6 Å². The van der Waals surface area contributed by atoms with Crippen LogP contribution < -0.4 is 11.1 Å². The third-order valence-electron chi connectivity index (χ3n) is 2.67. The van der Waals surface area contributed by atoms with Crippen molar-refractivity contribution in [3.05, 3.63) is 5.56 Å². The molecule has 0 radical (unpaired) electrons. The minimum atomic E-state index is 0.655. The van der Waals surface area contributed by atoms with Gasteiger partial charge in [-0.25, -0.2) is 0 Å². The molecule has 14 heavy (non-hydrogen) atoms. The van der Waals surface area contributed by atoms with Crippen LogP contribution in [-0.4, -0.2) is 10.9 Å². The van der Waals surface area contributed by atoms with E-state index >= 15 is 0 Å². The molecular formula is C10H19N3S. The van der Waals surface area contributed by atoms with Crippen LogP contribution in [0.25, 0.3) is 0 Å². The quantitative estimate of drug-likeness (QED) is 0.790. The summed E-state index contributed by atoms with van der Waals surface area (Å²) in [6.07, 6.45) is 2.44. The van der Waals surface area contributed by atoms with E-state index in [9.17, 15) is 0 Å². The van der Waals surface area contributed by atoms with Crippen LogP contribution in [0.1, 0.15) is 32.3 Å². The van der Waals surface area contributed by atoms with Crippen LogP contribution >= 0.6 is 11.5 Å². The van der Waals surface area contributed by atoms with Crippen molar-refractivity contribution in [3.63, 3.8) is 0 Å². The number of nitrogens with zero attached hydrogens (tertiary/aromatic N) is 1. The highest BCUT2D eigenvalue weighted by molar-refractivity contribution is 7.10. The molecular weight excluding hydrogens is 194 g/mol. The standard InChI is InChI=1S/C10H19N3S/c1-4-8(5-2)6-12-10-7(3)9(11)13-14-10/h8,12H,4-6H2,1-3H3,(H2,11,13). The van der Waals surface area contributed by atoms with Crippen LogP contribution in [0.4, 0.5) is 10.8 Å². The second kappa shape index (κ2) is 5.20. The molecule has 0 aliphatic heterocycles. The fourth-order valence-electron chi connectivity index (χ4n) is 1.33. The van der Waals surface area contributed by atoms with E-state index in [1.165, 1.54) is 24.4 Å². The fourth-order valence-corrected chi connectivity index (χ4v) is 2.04. The lowest BCUT2D eigenvalue weighted by Gasteiger charge is -2.13. The molecule has 0 atom stereocenters. The van der Waals surface area contributed by atoms with Gasteiger partial charge in [0.05, 0.1) is 0 Å². The van der Waals surface area contributed by atoms with Crippen molar-refractivity contribution in [1.29, 1.82) is 0 Å². The van der Waals surface area contributed by atoms with Crippen LogP contribution in [0.3, 0.4) is 0 Å². The molecule has 0 aliphatic carbocycles. The normalized spacial score (nSPS) is 10.9. The summed E-state index contributed by atoms with van der Waals surface area (Å²) >= 11 is 1.45. The SMILES string of the molecule is CCC(CC)CNc1snc(N)c1C. The molecule has 4 heteroatoms. The monoisotopic (exact) mass is 213 g/mol. The van der Waals surface area contributed by atoms with Crippen LogP contribution in [0.2, 0.25) is 0 Å². The number of aromatic nitrogens is 1. The first-order valence-corrected chi connectivity index (χ1v) is 5.91. The van der Waals surface area contributed by atoms with Crippen molar-refractivity contribution < 1.29 is 0 Å². The van der Waals surface area contributed by atoms with Gasteiger partial charge in [-0.2, -0.15) is 4.37 Å². The van der Waals surface area contributed by atoms with E-state index in [2.05, 4.69) is 23.5 Å². The average molecular weight is 213 g/mol. The van der Waals surface area contributed by atoms with E-state index in [1.807, 2.05) is 6.92 Å². The highest BCUT2D eigenvalue weighted by Gasteiger charge is 2.08. The maximum atomic E-state index is 5.67. The van der Waals surface area contributed by atoms with Crippen LogP contribution in [0, 0.1) is 12.8 Å². The highest BCUT2D eigenvalue weighted by atomic mass is 32.1. The highest BCUT2D eigenvalue weighted by Crippen LogP contribution is 2.25. The summed E-state index contributed by atoms with van der Waals surface area (Å²) in [6.45, 7) is 7.48. The predicted molar refractivity (Wildman–Crippen MR) is 63.8 cm³/mol. The van der Waals surface area contributed by atoms with Gasteiger partial charge in [0.2, 0.25) is 0 Å². The van der Waals surface area contributed by atoms with Crippen molar-refractivity contribution in [2.24, 2.45) is 5.92 Å². The molecule has 0 unspecified atom stereocenters. The van der Waals surface area contributed by atoms with Crippen molar-refractivity contribution in [2.75, 3.05) is 17.6 Å². The third-order valence-corrected chi connectivity index (χ3v) is 3.59. The average Bonchev–Trinajstić information content (AvgIpc) is 2.51. The Morgan fingerprint density at radius 1 is 1.43 bits per heavy atom. The molecule has 0 spiro atoms. The Bertz CT molecular complexity index is 279. The minimum Gasteiger partial charge on any atom is -0.383 e. The largest absolute Gasteiger partial charge is 0.383 e. The summed E-state index contributed by atoms with van der Waals surface area (Å²) < 4.78 is 4.10. The molecule has 1 aromatic rings. The molecule has 3 nitrogen and oxygen atoms in total. The number of nitrogen functional groups attached to an aromatic ring is 1. The van der Waals surface area contributed by atoms with E-state index in [0.29, 0.717) is 5.82 Å². The fraction of sp³-hybridized carbons (Fsp3) is 0.700. The maximum absolute atomic E-state index is 5.67. The molecule has 3 N–H and O–H groups in total. The molecule has 1 heterocycles. The lowest BCUT2D eigenvalue weighted by molar-refractivity contribution is 0.519. The van der Waals surface area contributed by atoms with Gasteiger partial charge in [-0.15, -0.1) is 0 Å². The predicted octanol–water partition coefficient (Wildman–Crippen LogP) is 2.88. The van der Waals surface area contributed by atoms with Crippen molar-refractivity contribution in [1.82, 2.24) is 4.37 Å². The van der Waals surface area contributed by atoms with Gasteiger partial charge < -0.3 is 11.1 Å².